The standard InChI is InChI=1S/C12H12N2S/c15-9-3-5-10-4-1-2-6-11(10)12-7-8-13-14-12/h1-8,15H,9H2,(H,13,14). The fraction of sp³-hybridized carbons (Fsp3) is 0.0833. The third kappa shape index (κ3) is 2.30. The first kappa shape index (κ1) is 10.1. The summed E-state index contributed by atoms with van der Waals surface area (Å²) in [6.45, 7) is 0. The van der Waals surface area contributed by atoms with Gasteiger partial charge in [0.2, 0.25) is 0 Å². The summed E-state index contributed by atoms with van der Waals surface area (Å²) < 4.78 is 0. The van der Waals surface area contributed by atoms with E-state index in [2.05, 4.69) is 41.0 Å². The minimum Gasteiger partial charge on any atom is -0.278 e. The van der Waals surface area contributed by atoms with E-state index in [9.17, 15) is 0 Å². The first-order valence-corrected chi connectivity index (χ1v) is 5.41. The molecule has 0 aliphatic heterocycles. The van der Waals surface area contributed by atoms with Gasteiger partial charge in [-0.3, -0.25) is 5.10 Å². The van der Waals surface area contributed by atoms with Crippen molar-refractivity contribution in [3.63, 3.8) is 0 Å². The van der Waals surface area contributed by atoms with Gasteiger partial charge < -0.3 is 0 Å². The average molecular weight is 216 g/mol. The first-order valence-electron chi connectivity index (χ1n) is 4.78. The van der Waals surface area contributed by atoms with Crippen molar-refractivity contribution in [3.05, 3.63) is 48.2 Å². The molecule has 0 saturated heterocycles. The van der Waals surface area contributed by atoms with Gasteiger partial charge in [-0.25, -0.2) is 0 Å². The smallest absolute Gasteiger partial charge is 0.0656 e. The van der Waals surface area contributed by atoms with Crippen LogP contribution in [0.5, 0.6) is 0 Å². The van der Waals surface area contributed by atoms with Gasteiger partial charge in [0.1, 0.15) is 0 Å². The van der Waals surface area contributed by atoms with Crippen molar-refractivity contribution in [2.75, 3.05) is 5.75 Å². The second kappa shape index (κ2) is 4.84. The van der Waals surface area contributed by atoms with E-state index in [1.165, 1.54) is 5.56 Å². The normalized spacial score (nSPS) is 11.0. The van der Waals surface area contributed by atoms with E-state index in [-0.39, 0.29) is 0 Å². The lowest BCUT2D eigenvalue weighted by atomic mass is 10.0. The number of thiol groups is 1. The molecule has 0 saturated carbocycles. The van der Waals surface area contributed by atoms with Crippen LogP contribution in [0.2, 0.25) is 0 Å². The van der Waals surface area contributed by atoms with E-state index >= 15 is 0 Å². The molecule has 1 N–H and O–H groups in total. The fourth-order valence-electron chi connectivity index (χ4n) is 1.47. The Morgan fingerprint density at radius 2 is 2.13 bits per heavy atom. The van der Waals surface area contributed by atoms with Crippen LogP contribution in [0.15, 0.2) is 42.6 Å². The lowest BCUT2D eigenvalue weighted by Crippen LogP contribution is -1.83. The Bertz CT molecular complexity index is 446. The molecule has 1 heterocycles. The zero-order chi connectivity index (χ0) is 10.5. The SMILES string of the molecule is SCC=Cc1ccccc1-c1ccn[nH]1. The third-order valence-corrected chi connectivity index (χ3v) is 2.37. The summed E-state index contributed by atoms with van der Waals surface area (Å²) >= 11 is 4.15. The first-order chi connectivity index (χ1) is 7.42. The molecule has 0 aliphatic carbocycles. The number of aromatic amines is 1. The number of aromatic nitrogens is 2. The lowest BCUT2D eigenvalue weighted by molar-refractivity contribution is 1.09. The van der Waals surface area contributed by atoms with Crippen LogP contribution in [-0.4, -0.2) is 16.0 Å². The van der Waals surface area contributed by atoms with Crippen LogP contribution in [0.1, 0.15) is 5.56 Å². The van der Waals surface area contributed by atoms with Crippen molar-refractivity contribution >= 4 is 18.7 Å². The molecule has 15 heavy (non-hydrogen) atoms. The maximum Gasteiger partial charge on any atom is 0.0656 e. The van der Waals surface area contributed by atoms with Crippen LogP contribution in [0, 0.1) is 0 Å². The molecule has 1 aromatic heterocycles. The largest absolute Gasteiger partial charge is 0.278 e. The van der Waals surface area contributed by atoms with E-state index in [0.717, 1.165) is 17.0 Å². The van der Waals surface area contributed by atoms with Crippen LogP contribution in [-0.2, 0) is 0 Å². The number of nitrogens with one attached hydrogen (secondary N) is 1. The molecule has 0 spiro atoms. The molecule has 0 amide bonds. The summed E-state index contributed by atoms with van der Waals surface area (Å²) in [5, 5.41) is 6.92. The van der Waals surface area contributed by atoms with Crippen molar-refractivity contribution in [2.24, 2.45) is 0 Å². The molecule has 1 aromatic carbocycles. The summed E-state index contributed by atoms with van der Waals surface area (Å²) in [7, 11) is 0. The molecular formula is C12H12N2S. The quantitative estimate of drug-likeness (QED) is 0.759. The number of nitrogens with zero attached hydrogens (tertiary/aromatic N) is 1. The summed E-state index contributed by atoms with van der Waals surface area (Å²) in [5.41, 5.74) is 3.37. The van der Waals surface area contributed by atoms with E-state index in [0.29, 0.717) is 0 Å². The maximum absolute atomic E-state index is 4.15. The number of benzene rings is 1. The highest BCUT2D eigenvalue weighted by Crippen LogP contribution is 2.22. The zero-order valence-electron chi connectivity index (χ0n) is 8.22. The lowest BCUT2D eigenvalue weighted by Gasteiger charge is -2.02. The molecule has 0 atom stereocenters. The van der Waals surface area contributed by atoms with Crippen LogP contribution in [0.3, 0.4) is 0 Å². The van der Waals surface area contributed by atoms with Crippen molar-refractivity contribution in [1.29, 1.82) is 0 Å². The maximum atomic E-state index is 4.15. The topological polar surface area (TPSA) is 28.7 Å². The third-order valence-electron chi connectivity index (χ3n) is 2.15. The minimum absolute atomic E-state index is 0.747. The van der Waals surface area contributed by atoms with E-state index < -0.39 is 0 Å². The van der Waals surface area contributed by atoms with Crippen molar-refractivity contribution < 1.29 is 0 Å². The Morgan fingerprint density at radius 3 is 2.87 bits per heavy atom. The van der Waals surface area contributed by atoms with E-state index in [1.54, 1.807) is 6.20 Å². The van der Waals surface area contributed by atoms with Crippen LogP contribution < -0.4 is 0 Å². The molecule has 0 bridgehead atoms. The van der Waals surface area contributed by atoms with Gasteiger partial charge in [-0.05, 0) is 11.6 Å². The fourth-order valence-corrected chi connectivity index (χ4v) is 1.58. The highest BCUT2D eigenvalue weighted by molar-refractivity contribution is 7.80. The van der Waals surface area contributed by atoms with Gasteiger partial charge >= 0.3 is 0 Å². The summed E-state index contributed by atoms with van der Waals surface area (Å²) in [5.74, 6) is 0.747. The summed E-state index contributed by atoms with van der Waals surface area (Å²) in [4.78, 5) is 0. The van der Waals surface area contributed by atoms with Gasteiger partial charge in [-0.2, -0.15) is 17.7 Å². The molecule has 2 aromatic rings. The number of hydrogen-bond donors (Lipinski definition) is 2. The Morgan fingerprint density at radius 1 is 1.27 bits per heavy atom. The zero-order valence-corrected chi connectivity index (χ0v) is 9.11. The number of rotatable bonds is 3. The molecule has 2 rings (SSSR count). The highest BCUT2D eigenvalue weighted by Gasteiger charge is 2.01. The van der Waals surface area contributed by atoms with Crippen molar-refractivity contribution in [2.45, 2.75) is 0 Å². The second-order valence-corrected chi connectivity index (χ2v) is 3.51. The Balaban J connectivity index is 2.43. The molecule has 76 valence electrons. The predicted octanol–water partition coefficient (Wildman–Crippen LogP) is 3.02. The van der Waals surface area contributed by atoms with Crippen LogP contribution in [0.4, 0.5) is 0 Å². The van der Waals surface area contributed by atoms with Crippen molar-refractivity contribution in [3.8, 4) is 11.3 Å². The van der Waals surface area contributed by atoms with Gasteiger partial charge in [0.05, 0.1) is 5.69 Å². The number of H-pyrrole nitrogens is 1. The second-order valence-electron chi connectivity index (χ2n) is 3.14. The Hall–Kier alpha value is -1.48. The highest BCUT2D eigenvalue weighted by atomic mass is 32.1. The minimum atomic E-state index is 0.747. The molecule has 0 aliphatic rings. The van der Waals surface area contributed by atoms with Gasteiger partial charge in [0, 0.05) is 17.5 Å². The average Bonchev–Trinajstić information content (AvgIpc) is 2.80. The van der Waals surface area contributed by atoms with Gasteiger partial charge in [0.15, 0.2) is 0 Å². The number of hydrogen-bond acceptors (Lipinski definition) is 2. The van der Waals surface area contributed by atoms with E-state index in [1.807, 2.05) is 24.3 Å². The molecule has 3 heteroatoms. The molecule has 2 nitrogen and oxygen atoms in total. The summed E-state index contributed by atoms with van der Waals surface area (Å²) in [6.07, 6.45) is 5.86. The van der Waals surface area contributed by atoms with E-state index in [4.69, 9.17) is 0 Å². The Kier molecular flexibility index (Phi) is 3.25. The van der Waals surface area contributed by atoms with Crippen molar-refractivity contribution in [1.82, 2.24) is 10.2 Å². The predicted molar refractivity (Wildman–Crippen MR) is 66.9 cm³/mol. The van der Waals surface area contributed by atoms with Crippen LogP contribution >= 0.6 is 12.6 Å². The van der Waals surface area contributed by atoms with Gasteiger partial charge in [-0.15, -0.1) is 0 Å². The molecule has 0 fully saturated rings. The Labute approximate surface area is 94.4 Å². The molecule has 0 radical (unpaired) electrons. The monoisotopic (exact) mass is 216 g/mol. The van der Waals surface area contributed by atoms with Crippen LogP contribution in [0.25, 0.3) is 17.3 Å². The molecular weight excluding hydrogens is 204 g/mol. The summed E-state index contributed by atoms with van der Waals surface area (Å²) in [6, 6.07) is 10.2. The van der Waals surface area contributed by atoms with Gasteiger partial charge in [-0.1, -0.05) is 36.4 Å². The molecule has 0 unspecified atom stereocenters. The van der Waals surface area contributed by atoms with Gasteiger partial charge in [0.25, 0.3) is 0 Å².